The maximum atomic E-state index is 4.53. The minimum absolute atomic E-state index is 0.545. The number of hydrogen-bond acceptors (Lipinski definition) is 4. The SMILES string of the molecule is Cc1cc(NC2CC2)nc(Nc2ccc(C(C)C)cc2)n1. The summed E-state index contributed by atoms with van der Waals surface area (Å²) in [6.07, 6.45) is 2.48. The van der Waals surface area contributed by atoms with Crippen molar-refractivity contribution in [3.05, 3.63) is 41.6 Å². The Morgan fingerprint density at radius 2 is 1.81 bits per heavy atom. The fourth-order valence-corrected chi connectivity index (χ4v) is 2.22. The van der Waals surface area contributed by atoms with Crippen molar-refractivity contribution in [1.82, 2.24) is 9.97 Å². The summed E-state index contributed by atoms with van der Waals surface area (Å²) >= 11 is 0. The predicted octanol–water partition coefficient (Wildman–Crippen LogP) is 4.23. The Labute approximate surface area is 126 Å². The molecule has 0 atom stereocenters. The molecule has 1 aliphatic rings. The molecule has 1 aromatic heterocycles. The third-order valence-electron chi connectivity index (χ3n) is 3.62. The van der Waals surface area contributed by atoms with Gasteiger partial charge in [0.1, 0.15) is 5.82 Å². The first-order valence-corrected chi connectivity index (χ1v) is 7.59. The molecule has 1 aromatic carbocycles. The highest BCUT2D eigenvalue weighted by molar-refractivity contribution is 5.56. The molecule has 1 saturated carbocycles. The summed E-state index contributed by atoms with van der Waals surface area (Å²) in [5, 5.41) is 6.70. The van der Waals surface area contributed by atoms with Gasteiger partial charge in [-0.25, -0.2) is 4.98 Å². The number of rotatable bonds is 5. The van der Waals surface area contributed by atoms with Crippen LogP contribution in [0.5, 0.6) is 0 Å². The van der Waals surface area contributed by atoms with Crippen molar-refractivity contribution in [3.63, 3.8) is 0 Å². The summed E-state index contributed by atoms with van der Waals surface area (Å²) in [6.45, 7) is 6.39. The van der Waals surface area contributed by atoms with Crippen LogP contribution in [0.2, 0.25) is 0 Å². The van der Waals surface area contributed by atoms with E-state index in [0.717, 1.165) is 17.2 Å². The topological polar surface area (TPSA) is 49.8 Å². The lowest BCUT2D eigenvalue weighted by molar-refractivity contribution is 0.867. The third kappa shape index (κ3) is 3.72. The summed E-state index contributed by atoms with van der Waals surface area (Å²) in [5.74, 6) is 2.10. The van der Waals surface area contributed by atoms with Crippen molar-refractivity contribution < 1.29 is 0 Å². The molecule has 1 heterocycles. The first kappa shape index (κ1) is 13.9. The summed E-state index contributed by atoms with van der Waals surface area (Å²) in [4.78, 5) is 8.99. The van der Waals surface area contributed by atoms with E-state index in [9.17, 15) is 0 Å². The van der Waals surface area contributed by atoms with Crippen LogP contribution in [0.15, 0.2) is 30.3 Å². The Kier molecular flexibility index (Phi) is 3.78. The Morgan fingerprint density at radius 3 is 2.43 bits per heavy atom. The number of anilines is 3. The van der Waals surface area contributed by atoms with Gasteiger partial charge in [-0.15, -0.1) is 0 Å². The van der Waals surface area contributed by atoms with Crippen molar-refractivity contribution in [2.75, 3.05) is 10.6 Å². The van der Waals surface area contributed by atoms with Crippen LogP contribution < -0.4 is 10.6 Å². The summed E-state index contributed by atoms with van der Waals surface area (Å²) in [5.41, 5.74) is 3.32. The number of nitrogens with zero attached hydrogens (tertiary/aromatic N) is 2. The number of aromatic nitrogens is 2. The van der Waals surface area contributed by atoms with Gasteiger partial charge in [-0.2, -0.15) is 4.98 Å². The quantitative estimate of drug-likeness (QED) is 0.861. The van der Waals surface area contributed by atoms with E-state index in [1.165, 1.54) is 18.4 Å². The van der Waals surface area contributed by atoms with Gasteiger partial charge in [-0.3, -0.25) is 0 Å². The molecule has 1 fully saturated rings. The predicted molar refractivity (Wildman–Crippen MR) is 87.2 cm³/mol. The molecule has 1 aliphatic carbocycles. The molecule has 0 bridgehead atoms. The van der Waals surface area contributed by atoms with E-state index in [1.807, 2.05) is 13.0 Å². The first-order valence-electron chi connectivity index (χ1n) is 7.59. The molecule has 0 aliphatic heterocycles. The number of benzene rings is 1. The lowest BCUT2D eigenvalue weighted by Crippen LogP contribution is -2.06. The van der Waals surface area contributed by atoms with E-state index in [0.29, 0.717) is 17.9 Å². The van der Waals surface area contributed by atoms with Crippen LogP contribution in [-0.4, -0.2) is 16.0 Å². The van der Waals surface area contributed by atoms with Crippen molar-refractivity contribution in [1.29, 1.82) is 0 Å². The van der Waals surface area contributed by atoms with Gasteiger partial charge in [0, 0.05) is 23.5 Å². The van der Waals surface area contributed by atoms with Gasteiger partial charge in [0.25, 0.3) is 0 Å². The molecular formula is C17H22N4. The summed E-state index contributed by atoms with van der Waals surface area (Å²) in [7, 11) is 0. The van der Waals surface area contributed by atoms with E-state index in [4.69, 9.17) is 0 Å². The molecule has 21 heavy (non-hydrogen) atoms. The van der Waals surface area contributed by atoms with E-state index < -0.39 is 0 Å². The standard InChI is InChI=1S/C17H22N4/c1-11(2)13-4-6-15(7-5-13)20-17-18-12(3)10-16(21-17)19-14-8-9-14/h4-7,10-11,14H,8-9H2,1-3H3,(H2,18,19,20,21). The Balaban J connectivity index is 1.75. The smallest absolute Gasteiger partial charge is 0.229 e. The van der Waals surface area contributed by atoms with E-state index in [2.05, 4.69) is 58.7 Å². The van der Waals surface area contributed by atoms with E-state index in [1.54, 1.807) is 0 Å². The van der Waals surface area contributed by atoms with Crippen molar-refractivity contribution >= 4 is 17.5 Å². The number of hydrogen-bond donors (Lipinski definition) is 2. The largest absolute Gasteiger partial charge is 0.367 e. The monoisotopic (exact) mass is 282 g/mol. The lowest BCUT2D eigenvalue weighted by Gasteiger charge is -2.10. The molecule has 0 saturated heterocycles. The van der Waals surface area contributed by atoms with Crippen LogP contribution in [0.4, 0.5) is 17.5 Å². The molecular weight excluding hydrogens is 260 g/mol. The molecule has 2 aromatic rings. The van der Waals surface area contributed by atoms with Crippen LogP contribution in [0.3, 0.4) is 0 Å². The van der Waals surface area contributed by atoms with Crippen LogP contribution in [0.25, 0.3) is 0 Å². The van der Waals surface area contributed by atoms with Gasteiger partial charge in [0.2, 0.25) is 5.95 Å². The lowest BCUT2D eigenvalue weighted by atomic mass is 10.0. The van der Waals surface area contributed by atoms with Crippen molar-refractivity contribution in [2.45, 2.75) is 45.6 Å². The second-order valence-corrected chi connectivity index (χ2v) is 6.04. The fourth-order valence-electron chi connectivity index (χ4n) is 2.22. The Hall–Kier alpha value is -2.10. The van der Waals surface area contributed by atoms with E-state index >= 15 is 0 Å². The normalized spacial score (nSPS) is 14.3. The highest BCUT2D eigenvalue weighted by Crippen LogP contribution is 2.25. The average molecular weight is 282 g/mol. The van der Waals surface area contributed by atoms with Gasteiger partial charge in [0.15, 0.2) is 0 Å². The summed E-state index contributed by atoms with van der Waals surface area (Å²) in [6, 6.07) is 11.0. The Morgan fingerprint density at radius 1 is 1.10 bits per heavy atom. The van der Waals surface area contributed by atoms with Gasteiger partial charge >= 0.3 is 0 Å². The van der Waals surface area contributed by atoms with Gasteiger partial charge in [-0.05, 0) is 43.4 Å². The first-order chi connectivity index (χ1) is 10.1. The van der Waals surface area contributed by atoms with Crippen molar-refractivity contribution in [3.8, 4) is 0 Å². The van der Waals surface area contributed by atoms with Crippen LogP contribution in [-0.2, 0) is 0 Å². The summed E-state index contributed by atoms with van der Waals surface area (Å²) < 4.78 is 0. The molecule has 0 amide bonds. The Bertz CT molecular complexity index is 615. The van der Waals surface area contributed by atoms with Gasteiger partial charge in [-0.1, -0.05) is 26.0 Å². The fraction of sp³-hybridized carbons (Fsp3) is 0.412. The zero-order valence-corrected chi connectivity index (χ0v) is 12.9. The maximum Gasteiger partial charge on any atom is 0.229 e. The minimum atomic E-state index is 0.545. The van der Waals surface area contributed by atoms with Gasteiger partial charge in [0.05, 0.1) is 0 Å². The second-order valence-electron chi connectivity index (χ2n) is 6.04. The zero-order chi connectivity index (χ0) is 14.8. The molecule has 4 heteroatoms. The molecule has 110 valence electrons. The molecule has 0 spiro atoms. The van der Waals surface area contributed by atoms with Crippen molar-refractivity contribution in [2.24, 2.45) is 0 Å². The molecule has 4 nitrogen and oxygen atoms in total. The second kappa shape index (κ2) is 5.72. The molecule has 3 rings (SSSR count). The molecule has 0 radical (unpaired) electrons. The minimum Gasteiger partial charge on any atom is -0.367 e. The highest BCUT2D eigenvalue weighted by atomic mass is 15.2. The van der Waals surface area contributed by atoms with Gasteiger partial charge < -0.3 is 10.6 Å². The van der Waals surface area contributed by atoms with Crippen LogP contribution in [0, 0.1) is 6.92 Å². The third-order valence-corrected chi connectivity index (χ3v) is 3.62. The number of aryl methyl sites for hydroxylation is 1. The van der Waals surface area contributed by atoms with Crippen LogP contribution >= 0.6 is 0 Å². The molecule has 2 N–H and O–H groups in total. The average Bonchev–Trinajstić information content (AvgIpc) is 3.22. The molecule has 0 unspecified atom stereocenters. The number of nitrogens with one attached hydrogen (secondary N) is 2. The maximum absolute atomic E-state index is 4.53. The highest BCUT2D eigenvalue weighted by Gasteiger charge is 2.21. The van der Waals surface area contributed by atoms with Crippen LogP contribution in [0.1, 0.15) is 43.9 Å². The van der Waals surface area contributed by atoms with E-state index in [-0.39, 0.29) is 0 Å². The zero-order valence-electron chi connectivity index (χ0n) is 12.9.